The summed E-state index contributed by atoms with van der Waals surface area (Å²) in [4.78, 5) is 9.08. The highest BCUT2D eigenvalue weighted by molar-refractivity contribution is 9.10. The van der Waals surface area contributed by atoms with Crippen molar-refractivity contribution < 1.29 is 0 Å². The van der Waals surface area contributed by atoms with Gasteiger partial charge in [0.05, 0.1) is 10.2 Å². The molecule has 0 fully saturated rings. The van der Waals surface area contributed by atoms with Crippen LogP contribution in [0.1, 0.15) is 32.0 Å². The van der Waals surface area contributed by atoms with Crippen LogP contribution in [0.25, 0.3) is 11.4 Å². The molecule has 0 bridgehead atoms. The Morgan fingerprint density at radius 2 is 1.74 bits per heavy atom. The first-order valence-corrected chi connectivity index (χ1v) is 7.27. The molecule has 0 N–H and O–H groups in total. The molecule has 19 heavy (non-hydrogen) atoms. The summed E-state index contributed by atoms with van der Waals surface area (Å²) in [5, 5.41) is 0.457. The predicted molar refractivity (Wildman–Crippen MR) is 83.6 cm³/mol. The van der Waals surface area contributed by atoms with E-state index < -0.39 is 0 Å². The summed E-state index contributed by atoms with van der Waals surface area (Å²) >= 11 is 9.71. The van der Waals surface area contributed by atoms with Gasteiger partial charge >= 0.3 is 0 Å². The van der Waals surface area contributed by atoms with Crippen LogP contribution in [-0.2, 0) is 5.41 Å². The van der Waals surface area contributed by atoms with Crippen LogP contribution < -0.4 is 0 Å². The number of halogens is 2. The number of nitrogens with zero attached hydrogens (tertiary/aromatic N) is 2. The summed E-state index contributed by atoms with van der Waals surface area (Å²) in [5.74, 6) is 0.677. The maximum atomic E-state index is 6.23. The van der Waals surface area contributed by atoms with E-state index >= 15 is 0 Å². The molecule has 2 nitrogen and oxygen atoms in total. The number of hydrogen-bond donors (Lipinski definition) is 0. The average molecular weight is 340 g/mol. The van der Waals surface area contributed by atoms with E-state index in [4.69, 9.17) is 16.6 Å². The summed E-state index contributed by atoms with van der Waals surface area (Å²) in [6.45, 7) is 8.37. The van der Waals surface area contributed by atoms with Gasteiger partial charge in [0.2, 0.25) is 0 Å². The zero-order chi connectivity index (χ0) is 14.2. The molecule has 0 saturated heterocycles. The van der Waals surface area contributed by atoms with E-state index in [2.05, 4.69) is 41.7 Å². The fourth-order valence-electron chi connectivity index (χ4n) is 1.86. The molecule has 0 aliphatic rings. The van der Waals surface area contributed by atoms with E-state index in [1.165, 1.54) is 0 Å². The molecule has 2 rings (SSSR count). The fourth-order valence-corrected chi connectivity index (χ4v) is 2.80. The summed E-state index contributed by atoms with van der Waals surface area (Å²) in [5.41, 5.74) is 2.98. The van der Waals surface area contributed by atoms with E-state index in [1.54, 1.807) is 0 Å². The normalized spacial score (nSPS) is 11.7. The summed E-state index contributed by atoms with van der Waals surface area (Å²) in [6, 6.07) is 8.05. The second-order valence-corrected chi connectivity index (χ2v) is 6.72. The van der Waals surface area contributed by atoms with Gasteiger partial charge in [0.25, 0.3) is 0 Å². The zero-order valence-corrected chi connectivity index (χ0v) is 13.8. The lowest BCUT2D eigenvalue weighted by atomic mass is 9.92. The van der Waals surface area contributed by atoms with Crippen LogP contribution in [0, 0.1) is 6.92 Å². The van der Waals surface area contributed by atoms with Crippen LogP contribution in [0.2, 0.25) is 5.15 Å². The van der Waals surface area contributed by atoms with Crippen molar-refractivity contribution in [2.24, 2.45) is 0 Å². The first kappa shape index (κ1) is 14.5. The molecule has 2 aromatic rings. The Morgan fingerprint density at radius 3 is 2.32 bits per heavy atom. The minimum absolute atomic E-state index is 0.0944. The van der Waals surface area contributed by atoms with Gasteiger partial charge in [0.1, 0.15) is 5.15 Å². The first-order valence-electron chi connectivity index (χ1n) is 6.10. The second-order valence-electron chi connectivity index (χ2n) is 5.57. The molecule has 1 aromatic heterocycles. The molecule has 0 aliphatic carbocycles. The average Bonchev–Trinajstić information content (AvgIpc) is 2.31. The Morgan fingerprint density at radius 1 is 1.11 bits per heavy atom. The molecular formula is C15H16BrClN2. The monoisotopic (exact) mass is 338 g/mol. The fraction of sp³-hybridized carbons (Fsp3) is 0.333. The summed E-state index contributed by atoms with van der Waals surface area (Å²) in [6.07, 6.45) is 0. The van der Waals surface area contributed by atoms with Crippen molar-refractivity contribution in [2.75, 3.05) is 0 Å². The van der Waals surface area contributed by atoms with Crippen molar-refractivity contribution in [3.05, 3.63) is 45.1 Å². The smallest absolute Gasteiger partial charge is 0.161 e. The molecule has 0 spiro atoms. The van der Waals surface area contributed by atoms with Crippen molar-refractivity contribution in [1.29, 1.82) is 0 Å². The largest absolute Gasteiger partial charge is 0.231 e. The van der Waals surface area contributed by atoms with Crippen LogP contribution in [0.3, 0.4) is 0 Å². The van der Waals surface area contributed by atoms with Crippen molar-refractivity contribution in [3.63, 3.8) is 0 Å². The van der Waals surface area contributed by atoms with Gasteiger partial charge in [-0.15, -0.1) is 0 Å². The van der Waals surface area contributed by atoms with Crippen molar-refractivity contribution in [3.8, 4) is 11.4 Å². The SMILES string of the molecule is Cc1ccccc1-c1nc(Cl)c(Br)c(C(C)(C)C)n1. The van der Waals surface area contributed by atoms with Crippen molar-refractivity contribution in [2.45, 2.75) is 33.1 Å². The van der Waals surface area contributed by atoms with Gasteiger partial charge in [0, 0.05) is 11.0 Å². The molecule has 1 aromatic carbocycles. The van der Waals surface area contributed by atoms with Crippen molar-refractivity contribution in [1.82, 2.24) is 9.97 Å². The van der Waals surface area contributed by atoms with Crippen LogP contribution in [0.4, 0.5) is 0 Å². The third-order valence-electron chi connectivity index (χ3n) is 2.91. The minimum atomic E-state index is -0.0944. The van der Waals surface area contributed by atoms with Gasteiger partial charge in [-0.2, -0.15) is 0 Å². The lowest BCUT2D eigenvalue weighted by Gasteiger charge is -2.20. The lowest BCUT2D eigenvalue weighted by molar-refractivity contribution is 0.564. The maximum absolute atomic E-state index is 6.23. The molecule has 0 amide bonds. The van der Waals surface area contributed by atoms with Gasteiger partial charge < -0.3 is 0 Å². The molecule has 0 unspecified atom stereocenters. The van der Waals surface area contributed by atoms with Crippen LogP contribution in [-0.4, -0.2) is 9.97 Å². The number of rotatable bonds is 1. The highest BCUT2D eigenvalue weighted by atomic mass is 79.9. The molecule has 0 atom stereocenters. The molecule has 0 aliphatic heterocycles. The third-order valence-corrected chi connectivity index (χ3v) is 4.16. The highest BCUT2D eigenvalue weighted by Gasteiger charge is 2.23. The Kier molecular flexibility index (Phi) is 3.98. The van der Waals surface area contributed by atoms with Crippen molar-refractivity contribution >= 4 is 27.5 Å². The standard InChI is InChI=1S/C15H16BrClN2/c1-9-7-5-6-8-10(9)14-18-12(15(2,3)4)11(16)13(17)19-14/h5-8H,1-4H3. The number of benzene rings is 1. The highest BCUT2D eigenvalue weighted by Crippen LogP contribution is 2.34. The van der Waals surface area contributed by atoms with E-state index in [-0.39, 0.29) is 5.41 Å². The van der Waals surface area contributed by atoms with E-state index in [9.17, 15) is 0 Å². The molecule has 0 radical (unpaired) electrons. The van der Waals surface area contributed by atoms with E-state index in [0.717, 1.165) is 21.3 Å². The molecule has 1 heterocycles. The van der Waals surface area contributed by atoms with Crippen LogP contribution in [0.15, 0.2) is 28.7 Å². The van der Waals surface area contributed by atoms with Crippen LogP contribution >= 0.6 is 27.5 Å². The summed E-state index contributed by atoms with van der Waals surface area (Å²) < 4.78 is 0.777. The van der Waals surface area contributed by atoms with Gasteiger partial charge in [-0.3, -0.25) is 0 Å². The number of hydrogen-bond acceptors (Lipinski definition) is 2. The quantitative estimate of drug-likeness (QED) is 0.670. The minimum Gasteiger partial charge on any atom is -0.231 e. The Hall–Kier alpha value is -0.930. The molecule has 100 valence electrons. The van der Waals surface area contributed by atoms with Gasteiger partial charge in [-0.25, -0.2) is 9.97 Å². The van der Waals surface area contributed by atoms with E-state index in [0.29, 0.717) is 11.0 Å². The van der Waals surface area contributed by atoms with Gasteiger partial charge in [0.15, 0.2) is 5.82 Å². The van der Waals surface area contributed by atoms with E-state index in [1.807, 2.05) is 31.2 Å². The van der Waals surface area contributed by atoms with Gasteiger partial charge in [-0.1, -0.05) is 56.6 Å². The molecular weight excluding hydrogens is 324 g/mol. The van der Waals surface area contributed by atoms with Crippen LogP contribution in [0.5, 0.6) is 0 Å². The third kappa shape index (κ3) is 2.98. The zero-order valence-electron chi connectivity index (χ0n) is 11.5. The Balaban J connectivity index is 2.68. The topological polar surface area (TPSA) is 25.8 Å². The number of aromatic nitrogens is 2. The molecule has 0 saturated carbocycles. The predicted octanol–water partition coefficient (Wildman–Crippen LogP) is 5.17. The lowest BCUT2D eigenvalue weighted by Crippen LogP contribution is -2.16. The Labute approximate surface area is 127 Å². The Bertz CT molecular complexity index is 618. The van der Waals surface area contributed by atoms with Gasteiger partial charge in [-0.05, 0) is 28.4 Å². The summed E-state index contributed by atoms with van der Waals surface area (Å²) in [7, 11) is 0. The first-order chi connectivity index (χ1) is 8.80. The molecule has 4 heteroatoms. The number of aryl methyl sites for hydroxylation is 1. The second kappa shape index (κ2) is 5.22. The maximum Gasteiger partial charge on any atom is 0.161 e.